The van der Waals surface area contributed by atoms with E-state index in [0.29, 0.717) is 26.4 Å². The average Bonchev–Trinajstić information content (AvgIpc) is 1.97. The molecule has 0 saturated heterocycles. The maximum atomic E-state index is 5.10. The first-order valence-electron chi connectivity index (χ1n) is 3.29. The van der Waals surface area contributed by atoms with Crippen molar-refractivity contribution in [2.75, 3.05) is 37.9 Å². The zero-order valence-corrected chi connectivity index (χ0v) is 8.24. The molecule has 0 unspecified atom stereocenters. The molecule has 0 heterocycles. The zero-order chi connectivity index (χ0) is 7.66. The smallest absolute Gasteiger partial charge is 0.0700 e. The molecule has 0 saturated carbocycles. The average molecular weight is 197 g/mol. The fourth-order valence-electron chi connectivity index (χ4n) is 0.451. The van der Waals surface area contributed by atoms with E-state index < -0.39 is 0 Å². The minimum absolute atomic E-state index is 0. The van der Waals surface area contributed by atoms with E-state index in [2.05, 4.69) is 25.3 Å². The molecule has 0 aromatic rings. The normalized spacial score (nSPS) is 9.27. The van der Waals surface area contributed by atoms with Crippen molar-refractivity contribution in [2.24, 2.45) is 0 Å². The first-order valence-corrected chi connectivity index (χ1v) is 4.55. The van der Waals surface area contributed by atoms with E-state index in [9.17, 15) is 0 Å². The molecule has 0 aromatic heterocycles. The van der Waals surface area contributed by atoms with Crippen molar-refractivity contribution in [3.8, 4) is 0 Å². The van der Waals surface area contributed by atoms with Crippen molar-refractivity contribution < 1.29 is 9.47 Å². The Hall–Kier alpha value is 0.580. The van der Waals surface area contributed by atoms with Gasteiger partial charge in [-0.1, -0.05) is 0 Å². The van der Waals surface area contributed by atoms with Crippen LogP contribution in [-0.2, 0) is 9.47 Å². The zero-order valence-electron chi connectivity index (χ0n) is 6.45. The SMILES string of the molecule is SCCOCCOCCS.[NH]. The molecule has 0 aliphatic heterocycles. The summed E-state index contributed by atoms with van der Waals surface area (Å²) in [6, 6.07) is 0. The van der Waals surface area contributed by atoms with Crippen LogP contribution in [0.2, 0.25) is 0 Å². The Morgan fingerprint density at radius 3 is 1.36 bits per heavy atom. The lowest BCUT2D eigenvalue weighted by Gasteiger charge is -2.01. The highest BCUT2D eigenvalue weighted by Gasteiger charge is 1.86. The number of hydrogen-bond donors (Lipinski definition) is 2. The Labute approximate surface area is 79.2 Å². The van der Waals surface area contributed by atoms with Gasteiger partial charge in [0.15, 0.2) is 0 Å². The third-order valence-electron chi connectivity index (χ3n) is 0.843. The van der Waals surface area contributed by atoms with Crippen molar-refractivity contribution in [3.05, 3.63) is 0 Å². The van der Waals surface area contributed by atoms with E-state index >= 15 is 0 Å². The molecule has 0 spiro atoms. The minimum atomic E-state index is 0. The van der Waals surface area contributed by atoms with Gasteiger partial charge in [0, 0.05) is 11.5 Å². The Balaban J connectivity index is 0. The number of nitrogens with one attached hydrogen (secondary N) is 1. The summed E-state index contributed by atoms with van der Waals surface area (Å²) in [7, 11) is 0. The van der Waals surface area contributed by atoms with Gasteiger partial charge in [-0.2, -0.15) is 31.4 Å². The van der Waals surface area contributed by atoms with Gasteiger partial charge in [-0.3, -0.25) is 0 Å². The van der Waals surface area contributed by atoms with Crippen LogP contribution >= 0.6 is 25.3 Å². The monoisotopic (exact) mass is 197 g/mol. The minimum Gasteiger partial charge on any atom is -0.378 e. The third-order valence-corrected chi connectivity index (χ3v) is 1.21. The summed E-state index contributed by atoms with van der Waals surface area (Å²) in [6.07, 6.45) is 0. The van der Waals surface area contributed by atoms with E-state index in [0.717, 1.165) is 11.5 Å². The molecule has 0 aliphatic rings. The standard InChI is InChI=1S/C6H14O2S2.HN/c9-5-3-7-1-2-8-4-6-10;/h9-10H,1-6H2;1H. The lowest BCUT2D eigenvalue weighted by atomic mass is 10.7. The molecule has 1 N–H and O–H groups in total. The fourth-order valence-corrected chi connectivity index (χ4v) is 0.709. The largest absolute Gasteiger partial charge is 0.378 e. The molecule has 0 fully saturated rings. The van der Waals surface area contributed by atoms with Gasteiger partial charge < -0.3 is 9.47 Å². The van der Waals surface area contributed by atoms with Gasteiger partial charge in [-0.15, -0.1) is 0 Å². The highest BCUT2D eigenvalue weighted by Crippen LogP contribution is 1.81. The third kappa shape index (κ3) is 13.6. The van der Waals surface area contributed by atoms with Gasteiger partial charge in [0.05, 0.1) is 26.4 Å². The van der Waals surface area contributed by atoms with E-state index in [4.69, 9.17) is 9.47 Å². The van der Waals surface area contributed by atoms with E-state index in [-0.39, 0.29) is 6.15 Å². The van der Waals surface area contributed by atoms with E-state index in [1.165, 1.54) is 0 Å². The first kappa shape index (κ1) is 14.1. The van der Waals surface area contributed by atoms with Crippen LogP contribution in [0.5, 0.6) is 0 Å². The Bertz CT molecular complexity index is 58.5. The summed E-state index contributed by atoms with van der Waals surface area (Å²) >= 11 is 7.97. The second kappa shape index (κ2) is 13.2. The van der Waals surface area contributed by atoms with Crippen LogP contribution in [0.25, 0.3) is 0 Å². The van der Waals surface area contributed by atoms with Crippen LogP contribution in [0.3, 0.4) is 0 Å². The van der Waals surface area contributed by atoms with Crippen LogP contribution in [-0.4, -0.2) is 37.9 Å². The van der Waals surface area contributed by atoms with Crippen LogP contribution in [0.15, 0.2) is 0 Å². The number of ether oxygens (including phenoxy) is 2. The van der Waals surface area contributed by atoms with Gasteiger partial charge in [0.25, 0.3) is 0 Å². The van der Waals surface area contributed by atoms with Crippen molar-refractivity contribution in [2.45, 2.75) is 0 Å². The Kier molecular flexibility index (Phi) is 16.9. The van der Waals surface area contributed by atoms with Crippen LogP contribution in [0.4, 0.5) is 0 Å². The first-order chi connectivity index (χ1) is 4.91. The summed E-state index contributed by atoms with van der Waals surface area (Å²) in [5.41, 5.74) is 0. The molecule has 0 rings (SSSR count). The lowest BCUT2D eigenvalue weighted by molar-refractivity contribution is 0.0606. The van der Waals surface area contributed by atoms with Crippen molar-refractivity contribution in [3.63, 3.8) is 0 Å². The highest BCUT2D eigenvalue weighted by molar-refractivity contribution is 7.80. The Morgan fingerprint density at radius 1 is 0.727 bits per heavy atom. The van der Waals surface area contributed by atoms with Gasteiger partial charge in [-0.25, -0.2) is 0 Å². The van der Waals surface area contributed by atoms with Crippen LogP contribution in [0.1, 0.15) is 0 Å². The molecule has 68 valence electrons. The molecular formula is C6H15NO2S2. The van der Waals surface area contributed by atoms with Gasteiger partial charge in [0.2, 0.25) is 0 Å². The van der Waals surface area contributed by atoms with Crippen molar-refractivity contribution in [1.29, 1.82) is 0 Å². The fraction of sp³-hybridized carbons (Fsp3) is 1.00. The number of thiol groups is 2. The van der Waals surface area contributed by atoms with Gasteiger partial charge in [0.1, 0.15) is 0 Å². The summed E-state index contributed by atoms with van der Waals surface area (Å²) in [6.45, 7) is 2.73. The topological polar surface area (TPSA) is 50.5 Å². The number of hydrogen-bond acceptors (Lipinski definition) is 4. The molecule has 11 heavy (non-hydrogen) atoms. The number of rotatable bonds is 7. The molecule has 5 heteroatoms. The molecular weight excluding hydrogens is 182 g/mol. The second-order valence-corrected chi connectivity index (χ2v) is 2.57. The summed E-state index contributed by atoms with van der Waals surface area (Å²) in [4.78, 5) is 0. The predicted molar refractivity (Wildman–Crippen MR) is 52.4 cm³/mol. The Morgan fingerprint density at radius 2 is 1.09 bits per heavy atom. The highest BCUT2D eigenvalue weighted by atomic mass is 32.1. The quantitative estimate of drug-likeness (QED) is 0.464. The van der Waals surface area contributed by atoms with Crippen molar-refractivity contribution in [1.82, 2.24) is 6.15 Å². The molecule has 0 amide bonds. The van der Waals surface area contributed by atoms with Crippen molar-refractivity contribution >= 4 is 25.3 Å². The molecule has 3 nitrogen and oxygen atoms in total. The summed E-state index contributed by atoms with van der Waals surface area (Å²) in [5.74, 6) is 1.54. The summed E-state index contributed by atoms with van der Waals surface area (Å²) < 4.78 is 10.2. The predicted octanol–water partition coefficient (Wildman–Crippen LogP) is 0.613. The molecule has 0 aliphatic carbocycles. The molecule has 0 atom stereocenters. The molecule has 2 radical (unpaired) electrons. The lowest BCUT2D eigenvalue weighted by Crippen LogP contribution is -2.07. The van der Waals surface area contributed by atoms with E-state index in [1.54, 1.807) is 0 Å². The van der Waals surface area contributed by atoms with Crippen LogP contribution < -0.4 is 6.15 Å². The molecule has 0 bridgehead atoms. The van der Waals surface area contributed by atoms with Gasteiger partial charge >= 0.3 is 0 Å². The van der Waals surface area contributed by atoms with Crippen LogP contribution in [0, 0.1) is 0 Å². The maximum absolute atomic E-state index is 5.10. The van der Waals surface area contributed by atoms with Gasteiger partial charge in [-0.05, 0) is 0 Å². The summed E-state index contributed by atoms with van der Waals surface area (Å²) in [5, 5.41) is 0. The molecule has 0 aromatic carbocycles. The van der Waals surface area contributed by atoms with E-state index in [1.807, 2.05) is 0 Å². The second-order valence-electron chi connectivity index (χ2n) is 1.67. The maximum Gasteiger partial charge on any atom is 0.0700 e.